The summed E-state index contributed by atoms with van der Waals surface area (Å²) in [5.74, 6) is 0.832. The van der Waals surface area contributed by atoms with Crippen molar-refractivity contribution < 1.29 is 14.3 Å². The van der Waals surface area contributed by atoms with Crippen molar-refractivity contribution in [2.75, 3.05) is 13.1 Å². The standard InChI is InChI=1S/C13H15NO3/c1-10(16)14-7-6-13(8-14)17-12-4-2-11(9-15)3-5-12/h2-5,9,13H,6-8H2,1H3/t13-/m0/s1. The van der Waals surface area contributed by atoms with Crippen LogP contribution in [0.3, 0.4) is 0 Å². The molecule has 0 N–H and O–H groups in total. The molecule has 90 valence electrons. The van der Waals surface area contributed by atoms with E-state index in [-0.39, 0.29) is 12.0 Å². The highest BCUT2D eigenvalue weighted by atomic mass is 16.5. The lowest BCUT2D eigenvalue weighted by Gasteiger charge is -2.15. The molecule has 1 saturated heterocycles. The number of carbonyl (C=O) groups excluding carboxylic acids is 2. The maximum Gasteiger partial charge on any atom is 0.219 e. The largest absolute Gasteiger partial charge is 0.489 e. The fourth-order valence-electron chi connectivity index (χ4n) is 1.93. The molecular formula is C13H15NO3. The summed E-state index contributed by atoms with van der Waals surface area (Å²) in [6.45, 7) is 2.97. The first-order valence-electron chi connectivity index (χ1n) is 5.66. The number of benzene rings is 1. The predicted molar refractivity (Wildman–Crippen MR) is 63.1 cm³/mol. The van der Waals surface area contributed by atoms with Gasteiger partial charge in [-0.15, -0.1) is 0 Å². The third-order valence-corrected chi connectivity index (χ3v) is 2.91. The number of aldehydes is 1. The van der Waals surface area contributed by atoms with Crippen molar-refractivity contribution in [3.05, 3.63) is 29.8 Å². The van der Waals surface area contributed by atoms with Gasteiger partial charge in [-0.25, -0.2) is 0 Å². The Balaban J connectivity index is 1.93. The molecule has 17 heavy (non-hydrogen) atoms. The van der Waals surface area contributed by atoms with E-state index in [2.05, 4.69) is 0 Å². The van der Waals surface area contributed by atoms with E-state index in [4.69, 9.17) is 4.74 Å². The van der Waals surface area contributed by atoms with Gasteiger partial charge >= 0.3 is 0 Å². The number of carbonyl (C=O) groups is 2. The van der Waals surface area contributed by atoms with Crippen molar-refractivity contribution in [1.82, 2.24) is 4.90 Å². The molecule has 0 bridgehead atoms. The average Bonchev–Trinajstić information content (AvgIpc) is 2.79. The fraction of sp³-hybridized carbons (Fsp3) is 0.385. The van der Waals surface area contributed by atoms with E-state index >= 15 is 0 Å². The first-order chi connectivity index (χ1) is 8.19. The Hall–Kier alpha value is -1.84. The number of hydrogen-bond donors (Lipinski definition) is 0. The van der Waals surface area contributed by atoms with E-state index in [9.17, 15) is 9.59 Å². The minimum Gasteiger partial charge on any atom is -0.489 e. The Morgan fingerprint density at radius 3 is 2.65 bits per heavy atom. The van der Waals surface area contributed by atoms with Crippen LogP contribution >= 0.6 is 0 Å². The van der Waals surface area contributed by atoms with Gasteiger partial charge in [-0.3, -0.25) is 9.59 Å². The van der Waals surface area contributed by atoms with Crippen molar-refractivity contribution in [2.24, 2.45) is 0 Å². The molecule has 1 amide bonds. The minimum atomic E-state index is 0.0565. The van der Waals surface area contributed by atoms with Crippen molar-refractivity contribution in [3.8, 4) is 5.75 Å². The third-order valence-electron chi connectivity index (χ3n) is 2.91. The molecule has 0 unspecified atom stereocenters. The smallest absolute Gasteiger partial charge is 0.219 e. The molecule has 0 saturated carbocycles. The molecule has 0 radical (unpaired) electrons. The van der Waals surface area contributed by atoms with Crippen LogP contribution in [0, 0.1) is 0 Å². The average molecular weight is 233 g/mol. The number of ether oxygens (including phenoxy) is 1. The summed E-state index contributed by atoms with van der Waals surface area (Å²) in [5, 5.41) is 0. The van der Waals surface area contributed by atoms with Crippen LogP contribution in [0.2, 0.25) is 0 Å². The lowest BCUT2D eigenvalue weighted by atomic mass is 10.2. The Labute approximate surface area is 100 Å². The minimum absolute atomic E-state index is 0.0565. The molecule has 1 aliphatic rings. The zero-order chi connectivity index (χ0) is 12.3. The van der Waals surface area contributed by atoms with Gasteiger partial charge in [0.15, 0.2) is 0 Å². The van der Waals surface area contributed by atoms with Crippen molar-refractivity contribution >= 4 is 12.2 Å². The monoisotopic (exact) mass is 233 g/mol. The Bertz CT molecular complexity index is 413. The number of nitrogens with zero attached hydrogens (tertiary/aromatic N) is 1. The highest BCUT2D eigenvalue weighted by Gasteiger charge is 2.25. The van der Waals surface area contributed by atoms with Crippen LogP contribution in [-0.2, 0) is 4.79 Å². The predicted octanol–water partition coefficient (Wildman–Crippen LogP) is 1.50. The van der Waals surface area contributed by atoms with Gasteiger partial charge in [-0.2, -0.15) is 0 Å². The molecule has 4 nitrogen and oxygen atoms in total. The molecule has 1 atom stereocenters. The highest BCUT2D eigenvalue weighted by molar-refractivity contribution is 5.75. The Kier molecular flexibility index (Phi) is 3.42. The van der Waals surface area contributed by atoms with Gasteiger partial charge in [-0.1, -0.05) is 0 Å². The van der Waals surface area contributed by atoms with E-state index in [1.54, 1.807) is 36.1 Å². The van der Waals surface area contributed by atoms with Crippen LogP contribution in [-0.4, -0.2) is 36.3 Å². The zero-order valence-electron chi connectivity index (χ0n) is 9.76. The van der Waals surface area contributed by atoms with Crippen LogP contribution in [0.15, 0.2) is 24.3 Å². The molecule has 0 spiro atoms. The molecule has 1 heterocycles. The van der Waals surface area contributed by atoms with E-state index in [0.29, 0.717) is 12.1 Å². The summed E-state index contributed by atoms with van der Waals surface area (Å²) < 4.78 is 5.75. The van der Waals surface area contributed by atoms with Gasteiger partial charge in [0.1, 0.15) is 18.1 Å². The number of likely N-dealkylation sites (tertiary alicyclic amines) is 1. The van der Waals surface area contributed by atoms with E-state index in [0.717, 1.165) is 25.0 Å². The lowest BCUT2D eigenvalue weighted by Crippen LogP contribution is -2.28. The second kappa shape index (κ2) is 4.99. The molecule has 0 aromatic heterocycles. The number of hydrogen-bond acceptors (Lipinski definition) is 3. The molecule has 1 aromatic carbocycles. The molecular weight excluding hydrogens is 218 g/mol. The van der Waals surface area contributed by atoms with Gasteiger partial charge in [0, 0.05) is 25.5 Å². The first-order valence-corrected chi connectivity index (χ1v) is 5.66. The van der Waals surface area contributed by atoms with Crippen LogP contribution in [0.25, 0.3) is 0 Å². The number of amides is 1. The summed E-state index contributed by atoms with van der Waals surface area (Å²) in [6, 6.07) is 7.00. The Morgan fingerprint density at radius 2 is 2.12 bits per heavy atom. The van der Waals surface area contributed by atoms with Gasteiger partial charge in [-0.05, 0) is 24.3 Å². The van der Waals surface area contributed by atoms with Gasteiger partial charge < -0.3 is 9.64 Å². The van der Waals surface area contributed by atoms with Crippen LogP contribution < -0.4 is 4.74 Å². The molecule has 1 aliphatic heterocycles. The van der Waals surface area contributed by atoms with Gasteiger partial charge in [0.05, 0.1) is 6.54 Å². The van der Waals surface area contributed by atoms with Crippen LogP contribution in [0.5, 0.6) is 5.75 Å². The Morgan fingerprint density at radius 1 is 1.41 bits per heavy atom. The van der Waals surface area contributed by atoms with E-state index in [1.807, 2.05) is 0 Å². The molecule has 0 aliphatic carbocycles. The summed E-state index contributed by atoms with van der Waals surface area (Å²) in [5.41, 5.74) is 0.633. The maximum absolute atomic E-state index is 11.2. The second-order valence-corrected chi connectivity index (χ2v) is 4.18. The quantitative estimate of drug-likeness (QED) is 0.743. The molecule has 1 aromatic rings. The topological polar surface area (TPSA) is 46.6 Å². The van der Waals surface area contributed by atoms with Gasteiger partial charge in [0.25, 0.3) is 0 Å². The maximum atomic E-state index is 11.2. The normalized spacial score (nSPS) is 19.1. The first kappa shape index (κ1) is 11.6. The van der Waals surface area contributed by atoms with Crippen molar-refractivity contribution in [1.29, 1.82) is 0 Å². The summed E-state index contributed by atoms with van der Waals surface area (Å²) in [7, 11) is 0. The van der Waals surface area contributed by atoms with E-state index < -0.39 is 0 Å². The third kappa shape index (κ3) is 2.84. The van der Waals surface area contributed by atoms with Crippen LogP contribution in [0.1, 0.15) is 23.7 Å². The second-order valence-electron chi connectivity index (χ2n) is 4.18. The SMILES string of the molecule is CC(=O)N1CC[C@H](Oc2ccc(C=O)cc2)C1. The lowest BCUT2D eigenvalue weighted by molar-refractivity contribution is -0.128. The van der Waals surface area contributed by atoms with Crippen LogP contribution in [0.4, 0.5) is 0 Å². The summed E-state index contributed by atoms with van der Waals surface area (Å²) in [4.78, 5) is 23.4. The molecule has 2 rings (SSSR count). The highest BCUT2D eigenvalue weighted by Crippen LogP contribution is 2.18. The summed E-state index contributed by atoms with van der Waals surface area (Å²) in [6.07, 6.45) is 1.72. The van der Waals surface area contributed by atoms with E-state index in [1.165, 1.54) is 0 Å². The number of rotatable bonds is 3. The molecule has 1 fully saturated rings. The van der Waals surface area contributed by atoms with Crippen molar-refractivity contribution in [2.45, 2.75) is 19.4 Å². The van der Waals surface area contributed by atoms with Gasteiger partial charge in [0.2, 0.25) is 5.91 Å². The zero-order valence-corrected chi connectivity index (χ0v) is 9.76. The fourth-order valence-corrected chi connectivity index (χ4v) is 1.93. The molecule has 4 heteroatoms. The summed E-state index contributed by atoms with van der Waals surface area (Å²) >= 11 is 0. The van der Waals surface area contributed by atoms with Crippen molar-refractivity contribution in [3.63, 3.8) is 0 Å².